The number of hydrogen-bond acceptors (Lipinski definition) is 4. The molecule has 154 valence electrons. The van der Waals surface area contributed by atoms with Crippen molar-refractivity contribution in [2.75, 3.05) is 19.0 Å². The fourth-order valence-corrected chi connectivity index (χ4v) is 4.47. The molecule has 6 nitrogen and oxygen atoms in total. The van der Waals surface area contributed by atoms with Crippen LogP contribution in [0.15, 0.2) is 34.1 Å². The van der Waals surface area contributed by atoms with Crippen LogP contribution in [-0.2, 0) is 25.9 Å². The number of sulfone groups is 1. The summed E-state index contributed by atoms with van der Waals surface area (Å²) >= 11 is 0. The number of rotatable bonds is 6. The van der Waals surface area contributed by atoms with Gasteiger partial charge in [0.2, 0.25) is 15.7 Å². The molecular formula is C20H27FN2O4S. The molecule has 0 saturated heterocycles. The van der Waals surface area contributed by atoms with E-state index in [0.717, 1.165) is 12.1 Å². The zero-order chi connectivity index (χ0) is 21.3. The first-order chi connectivity index (χ1) is 12.9. The molecule has 0 fully saturated rings. The van der Waals surface area contributed by atoms with Crippen LogP contribution in [0.1, 0.15) is 32.0 Å². The third-order valence-electron chi connectivity index (χ3n) is 4.60. The minimum atomic E-state index is -3.98. The molecule has 0 aliphatic heterocycles. The van der Waals surface area contributed by atoms with Gasteiger partial charge in [-0.25, -0.2) is 12.8 Å². The lowest BCUT2D eigenvalue weighted by molar-refractivity contribution is -0.123. The summed E-state index contributed by atoms with van der Waals surface area (Å²) in [6, 6.07) is 4.65. The van der Waals surface area contributed by atoms with Crippen LogP contribution in [0.4, 0.5) is 10.2 Å². The summed E-state index contributed by atoms with van der Waals surface area (Å²) < 4.78 is 46.8. The van der Waals surface area contributed by atoms with Gasteiger partial charge in [-0.3, -0.25) is 4.79 Å². The van der Waals surface area contributed by atoms with E-state index in [1.54, 1.807) is 46.3 Å². The second-order valence-corrected chi connectivity index (χ2v) is 9.58. The molecule has 0 spiro atoms. The Balaban J connectivity index is 2.71. The number of nitrogens with zero attached hydrogens (tertiary/aromatic N) is 1. The molecule has 1 aromatic carbocycles. The fraction of sp³-hybridized carbons (Fsp3) is 0.450. The van der Waals surface area contributed by atoms with Crippen molar-refractivity contribution in [1.82, 2.24) is 4.57 Å². The van der Waals surface area contributed by atoms with Gasteiger partial charge >= 0.3 is 0 Å². The van der Waals surface area contributed by atoms with Crippen LogP contribution in [0.2, 0.25) is 0 Å². The maximum atomic E-state index is 13.3. The van der Waals surface area contributed by atoms with E-state index in [9.17, 15) is 17.6 Å². The number of halogens is 1. The second-order valence-electron chi connectivity index (χ2n) is 7.69. The van der Waals surface area contributed by atoms with Gasteiger partial charge in [-0.1, -0.05) is 20.8 Å². The van der Waals surface area contributed by atoms with Gasteiger partial charge < -0.3 is 14.6 Å². The lowest BCUT2D eigenvalue weighted by atomic mass is 9.96. The average Bonchev–Trinajstić information content (AvgIpc) is 2.83. The first-order valence-electron chi connectivity index (χ1n) is 8.92. The minimum Gasteiger partial charge on any atom is -0.383 e. The fourth-order valence-electron chi connectivity index (χ4n) is 2.78. The van der Waals surface area contributed by atoms with E-state index in [0.29, 0.717) is 24.4 Å². The van der Waals surface area contributed by atoms with Gasteiger partial charge in [0.15, 0.2) is 0 Å². The molecule has 0 bridgehead atoms. The van der Waals surface area contributed by atoms with Gasteiger partial charge in [-0.2, -0.15) is 0 Å². The molecule has 0 saturated carbocycles. The number of aromatic nitrogens is 1. The standard InChI is InChI=1S/C20H27FN2O4S/c1-13-14(2)23(11-12-27-6)18(22-19(24)20(3,4)5)17(13)28(25,26)16-9-7-15(21)8-10-16/h7-10H,11-12H2,1-6H3,(H,22,24). The van der Waals surface area contributed by atoms with E-state index >= 15 is 0 Å². The summed E-state index contributed by atoms with van der Waals surface area (Å²) in [6.45, 7) is 9.46. The summed E-state index contributed by atoms with van der Waals surface area (Å²) in [5.74, 6) is -0.624. The highest BCUT2D eigenvalue weighted by molar-refractivity contribution is 7.91. The molecule has 1 N–H and O–H groups in total. The minimum absolute atomic E-state index is 0.0188. The van der Waals surface area contributed by atoms with Crippen LogP contribution < -0.4 is 5.32 Å². The van der Waals surface area contributed by atoms with Gasteiger partial charge in [0.05, 0.1) is 11.5 Å². The van der Waals surface area contributed by atoms with Crippen LogP contribution in [0.25, 0.3) is 0 Å². The largest absolute Gasteiger partial charge is 0.383 e. The molecule has 8 heteroatoms. The molecule has 1 aromatic heterocycles. The maximum Gasteiger partial charge on any atom is 0.230 e. The number of anilines is 1. The molecule has 0 radical (unpaired) electrons. The zero-order valence-electron chi connectivity index (χ0n) is 17.1. The number of ether oxygens (including phenoxy) is 1. The number of nitrogens with one attached hydrogen (secondary N) is 1. The van der Waals surface area contributed by atoms with Crippen molar-refractivity contribution in [2.24, 2.45) is 5.41 Å². The SMILES string of the molecule is COCCn1c(C)c(C)c(S(=O)(=O)c2ccc(F)cc2)c1NC(=O)C(C)(C)C. The predicted octanol–water partition coefficient (Wildman–Crippen LogP) is 3.71. The number of carbonyl (C=O) groups excluding carboxylic acids is 1. The topological polar surface area (TPSA) is 77.4 Å². The summed E-state index contributed by atoms with van der Waals surface area (Å²) in [5, 5.41) is 2.79. The Morgan fingerprint density at radius 2 is 1.75 bits per heavy atom. The van der Waals surface area contributed by atoms with Crippen molar-refractivity contribution in [3.63, 3.8) is 0 Å². The maximum absolute atomic E-state index is 13.3. The van der Waals surface area contributed by atoms with Crippen molar-refractivity contribution in [1.29, 1.82) is 0 Å². The number of benzene rings is 1. The Morgan fingerprint density at radius 3 is 2.25 bits per heavy atom. The third-order valence-corrected chi connectivity index (χ3v) is 6.53. The molecule has 0 aliphatic carbocycles. The first kappa shape index (κ1) is 22.1. The lowest BCUT2D eigenvalue weighted by Gasteiger charge is -2.20. The normalized spacial score (nSPS) is 12.2. The van der Waals surface area contributed by atoms with E-state index in [1.807, 2.05) is 0 Å². The van der Waals surface area contributed by atoms with Crippen LogP contribution in [0.3, 0.4) is 0 Å². The molecule has 2 rings (SSSR count). The zero-order valence-corrected chi connectivity index (χ0v) is 17.9. The van der Waals surface area contributed by atoms with E-state index < -0.39 is 21.1 Å². The van der Waals surface area contributed by atoms with E-state index in [1.165, 1.54) is 12.1 Å². The van der Waals surface area contributed by atoms with Gasteiger partial charge in [0.1, 0.15) is 16.5 Å². The summed E-state index contributed by atoms with van der Waals surface area (Å²) in [6.07, 6.45) is 0. The van der Waals surface area contributed by atoms with E-state index in [2.05, 4.69) is 5.32 Å². The molecule has 0 unspecified atom stereocenters. The number of methoxy groups -OCH3 is 1. The summed E-state index contributed by atoms with van der Waals surface area (Å²) in [7, 11) is -2.43. The highest BCUT2D eigenvalue weighted by Gasteiger charge is 2.32. The Kier molecular flexibility index (Phi) is 6.35. The van der Waals surface area contributed by atoms with Crippen LogP contribution >= 0.6 is 0 Å². The van der Waals surface area contributed by atoms with Crippen LogP contribution in [-0.4, -0.2) is 32.6 Å². The predicted molar refractivity (Wildman–Crippen MR) is 106 cm³/mol. The van der Waals surface area contributed by atoms with Gasteiger partial charge in [0, 0.05) is 24.8 Å². The van der Waals surface area contributed by atoms with Gasteiger partial charge in [0.25, 0.3) is 0 Å². The highest BCUT2D eigenvalue weighted by atomic mass is 32.2. The van der Waals surface area contributed by atoms with Crippen LogP contribution in [0.5, 0.6) is 0 Å². The number of carbonyl (C=O) groups is 1. The van der Waals surface area contributed by atoms with Gasteiger partial charge in [-0.15, -0.1) is 0 Å². The monoisotopic (exact) mass is 410 g/mol. The molecule has 28 heavy (non-hydrogen) atoms. The van der Waals surface area contributed by atoms with Gasteiger partial charge in [-0.05, 0) is 43.7 Å². The molecule has 0 atom stereocenters. The first-order valence-corrected chi connectivity index (χ1v) is 10.4. The smallest absolute Gasteiger partial charge is 0.230 e. The molecule has 2 aromatic rings. The molecule has 0 aliphatic rings. The molecular weight excluding hydrogens is 383 g/mol. The Bertz CT molecular complexity index is 971. The van der Waals surface area contributed by atoms with Crippen molar-refractivity contribution in [3.05, 3.63) is 41.3 Å². The highest BCUT2D eigenvalue weighted by Crippen LogP contribution is 2.36. The summed E-state index contributed by atoms with van der Waals surface area (Å²) in [5.41, 5.74) is 0.529. The van der Waals surface area contributed by atoms with E-state index in [4.69, 9.17) is 4.74 Å². The number of hydrogen-bond donors (Lipinski definition) is 1. The summed E-state index contributed by atoms with van der Waals surface area (Å²) in [4.78, 5) is 12.6. The van der Waals surface area contributed by atoms with Crippen molar-refractivity contribution in [2.45, 2.75) is 51.0 Å². The quantitative estimate of drug-likeness (QED) is 0.737. The Hall–Kier alpha value is -2.19. The Labute approximate surface area is 165 Å². The van der Waals surface area contributed by atoms with Crippen molar-refractivity contribution < 1.29 is 22.3 Å². The second kappa shape index (κ2) is 8.05. The lowest BCUT2D eigenvalue weighted by Crippen LogP contribution is -2.29. The van der Waals surface area contributed by atoms with E-state index in [-0.39, 0.29) is 21.5 Å². The third kappa shape index (κ3) is 4.28. The molecule has 1 heterocycles. The van der Waals surface area contributed by atoms with Crippen LogP contribution in [0, 0.1) is 25.1 Å². The molecule has 1 amide bonds. The average molecular weight is 411 g/mol. The van der Waals surface area contributed by atoms with Crippen molar-refractivity contribution >= 4 is 21.6 Å². The van der Waals surface area contributed by atoms with Crippen molar-refractivity contribution in [3.8, 4) is 0 Å². The Morgan fingerprint density at radius 1 is 1.18 bits per heavy atom. The number of amides is 1.